The van der Waals surface area contributed by atoms with E-state index in [4.69, 9.17) is 54.3 Å². The number of carboxylic acid groups (broad SMARTS) is 1. The van der Waals surface area contributed by atoms with Crippen LogP contribution in [0.15, 0.2) is 60.7 Å². The van der Waals surface area contributed by atoms with E-state index < -0.39 is 60.1 Å². The van der Waals surface area contributed by atoms with Gasteiger partial charge >= 0.3 is 5.97 Å². The first-order valence-electron chi connectivity index (χ1n) is 30.9. The van der Waals surface area contributed by atoms with Crippen LogP contribution in [-0.4, -0.2) is 219 Å². The van der Waals surface area contributed by atoms with Crippen LogP contribution in [0.25, 0.3) is 22.1 Å². The molecule has 7 amide bonds. The number of ether oxygens (including phenoxy) is 8. The summed E-state index contributed by atoms with van der Waals surface area (Å²) >= 11 is 0. The van der Waals surface area contributed by atoms with Gasteiger partial charge in [-0.1, -0.05) is 12.2 Å². The minimum Gasteiger partial charge on any atom is -0.494 e. The monoisotopic (exact) mass is 1330 g/mol. The molecular weight excluding hydrogens is 1240 g/mol. The third kappa shape index (κ3) is 21.2. The molecule has 0 radical (unpaired) electrons. The van der Waals surface area contributed by atoms with Crippen LogP contribution < -0.4 is 42.2 Å². The van der Waals surface area contributed by atoms with Gasteiger partial charge in [0.05, 0.1) is 115 Å². The third-order valence-corrected chi connectivity index (χ3v) is 14.5. The molecule has 33 heteroatoms. The highest BCUT2D eigenvalue weighted by Crippen LogP contribution is 2.33. The molecular formula is C62H83N15O18. The number of benzene rings is 2. The number of hydrogen-bond acceptors (Lipinski definition) is 21. The number of aliphatic hydroxyl groups excluding tert-OH is 1. The van der Waals surface area contributed by atoms with E-state index >= 15 is 0 Å². The normalized spacial score (nSPS) is 13.3. The molecule has 10 N–H and O–H groups in total. The summed E-state index contributed by atoms with van der Waals surface area (Å²) in [7, 11) is 1.42. The zero-order valence-corrected chi connectivity index (χ0v) is 53.8. The highest BCUT2D eigenvalue weighted by Gasteiger charge is 2.27. The van der Waals surface area contributed by atoms with Gasteiger partial charge in [-0.2, -0.15) is 10.2 Å². The lowest BCUT2D eigenvalue weighted by Crippen LogP contribution is -2.47. The van der Waals surface area contributed by atoms with Gasteiger partial charge in [0.2, 0.25) is 41.4 Å². The SMILES string of the molecule is CCn1nc(C)cc1C(=O)Nc1nc2cc(C(N)=O)cc(OC)c2n1C/C=C/Cn1c(NC(=O)c2cc(C)nn2CC)nc2cc(C(N)=O)cc(OCCCNC(=O)[C@H](CCC(=O)O)NC(=O)CCOCCOCCOCCOCCOCCOCCN3C(=O)C=CC3O)c21. The first-order valence-corrected chi connectivity index (χ1v) is 30.9. The van der Waals surface area contributed by atoms with Gasteiger partial charge in [0.15, 0.2) is 0 Å². The fraction of sp³-hybridized carbons (Fsp3) is 0.484. The van der Waals surface area contributed by atoms with Crippen molar-refractivity contribution >= 4 is 81.3 Å². The highest BCUT2D eigenvalue weighted by atomic mass is 16.6. The molecule has 1 aliphatic rings. The van der Waals surface area contributed by atoms with Gasteiger partial charge in [0.25, 0.3) is 11.8 Å². The van der Waals surface area contributed by atoms with Crippen molar-refractivity contribution in [1.29, 1.82) is 0 Å². The molecule has 0 saturated carbocycles. The topological polar surface area (TPSA) is 426 Å². The standard InChI is InChI=1S/C62H83N15O18/c1-6-76-46(33-39(3)71-76)59(86)69-61-67-44-35-41(56(63)83)37-48(88-5)54(44)74(61)17-8-9-18-75-55-45(68-62(75)70-60(87)47-34-40(4)72-77(47)7-2)36-42(57(64)84)38-49(55)95-20-10-16-65-58(85)43(11-14-53(81)82)66-50(78)15-21-89-23-25-91-27-29-93-31-32-94-30-28-92-26-24-90-22-19-73-51(79)12-13-52(73)80/h8-9,12-13,33-38,43,51,79H,6-7,10-11,14-32H2,1-5H3,(H2,63,83)(H2,64,84)(H,65,85)(H,66,78)(H,81,82)(H,67,69,86)(H,68,70,87)/b9-8+/t43-,51?/m0/s1. The van der Waals surface area contributed by atoms with Crippen LogP contribution in [0.3, 0.4) is 0 Å². The number of aliphatic hydroxyl groups is 1. The van der Waals surface area contributed by atoms with Crippen molar-refractivity contribution in [3.63, 3.8) is 0 Å². The number of nitrogens with one attached hydrogen (secondary N) is 4. The average molecular weight is 1330 g/mol. The largest absolute Gasteiger partial charge is 0.494 e. The Labute approximate surface area is 546 Å². The Morgan fingerprint density at radius 3 is 1.57 bits per heavy atom. The van der Waals surface area contributed by atoms with Crippen LogP contribution >= 0.6 is 0 Å². The number of imidazole rings is 2. The predicted molar refractivity (Wildman–Crippen MR) is 342 cm³/mol. The van der Waals surface area contributed by atoms with E-state index in [9.17, 15) is 48.6 Å². The minimum absolute atomic E-state index is 0.00118. The second-order valence-corrected chi connectivity index (χ2v) is 21.3. The molecule has 6 aromatic rings. The van der Waals surface area contributed by atoms with Crippen molar-refractivity contribution in [3.05, 3.63) is 94.6 Å². The Hall–Kier alpha value is -9.64. The number of anilines is 2. The van der Waals surface area contributed by atoms with E-state index in [1.165, 1.54) is 53.1 Å². The number of primary amides is 2. The van der Waals surface area contributed by atoms with E-state index in [2.05, 4.69) is 36.4 Å². The van der Waals surface area contributed by atoms with E-state index in [0.29, 0.717) is 99.6 Å². The Balaban J connectivity index is 0.913. The molecule has 0 aliphatic carbocycles. The number of methoxy groups -OCH3 is 1. The van der Waals surface area contributed by atoms with Crippen molar-refractivity contribution in [1.82, 2.24) is 54.2 Å². The second kappa shape index (κ2) is 36.7. The molecule has 514 valence electrons. The Morgan fingerprint density at radius 2 is 1.12 bits per heavy atom. The molecule has 7 rings (SSSR count). The van der Waals surface area contributed by atoms with Crippen LogP contribution in [0.2, 0.25) is 0 Å². The molecule has 0 saturated heterocycles. The smallest absolute Gasteiger partial charge is 0.303 e. The van der Waals surface area contributed by atoms with Crippen molar-refractivity contribution in [2.75, 3.05) is 117 Å². The Bertz CT molecular complexity index is 3700. The minimum atomic E-state index is -1.19. The van der Waals surface area contributed by atoms with E-state index in [0.717, 1.165) is 0 Å². The van der Waals surface area contributed by atoms with Crippen LogP contribution in [0.5, 0.6) is 11.5 Å². The number of nitrogens with zero attached hydrogens (tertiary/aromatic N) is 9. The fourth-order valence-corrected chi connectivity index (χ4v) is 9.85. The summed E-state index contributed by atoms with van der Waals surface area (Å²) < 4.78 is 51.4. The number of aliphatic carboxylic acids is 1. The van der Waals surface area contributed by atoms with Gasteiger partial charge in [-0.25, -0.2) is 9.97 Å². The molecule has 95 heavy (non-hydrogen) atoms. The summed E-state index contributed by atoms with van der Waals surface area (Å²) in [6.45, 7) is 11.8. The number of aryl methyl sites for hydroxylation is 4. The number of rotatable bonds is 44. The van der Waals surface area contributed by atoms with Crippen molar-refractivity contribution in [3.8, 4) is 11.5 Å². The lowest BCUT2D eigenvalue weighted by molar-refractivity contribution is -0.138. The van der Waals surface area contributed by atoms with Gasteiger partial charge in [-0.15, -0.1) is 0 Å². The van der Waals surface area contributed by atoms with Crippen molar-refractivity contribution in [2.24, 2.45) is 11.5 Å². The first kappa shape index (κ1) is 72.8. The highest BCUT2D eigenvalue weighted by molar-refractivity contribution is 6.05. The summed E-state index contributed by atoms with van der Waals surface area (Å²) in [4.78, 5) is 113. The summed E-state index contributed by atoms with van der Waals surface area (Å²) in [6.07, 6.45) is 4.81. The molecule has 4 aromatic heterocycles. The zero-order chi connectivity index (χ0) is 68.4. The molecule has 1 unspecified atom stereocenters. The number of carbonyl (C=O) groups excluding carboxylic acids is 7. The zero-order valence-electron chi connectivity index (χ0n) is 53.8. The lowest BCUT2D eigenvalue weighted by atomic mass is 10.1. The van der Waals surface area contributed by atoms with Crippen molar-refractivity contribution in [2.45, 2.75) is 91.8 Å². The van der Waals surface area contributed by atoms with Crippen LogP contribution in [0, 0.1) is 13.8 Å². The fourth-order valence-electron chi connectivity index (χ4n) is 9.85. The molecule has 1 aliphatic heterocycles. The maximum atomic E-state index is 14.0. The van der Waals surface area contributed by atoms with E-state index in [1.807, 2.05) is 13.8 Å². The number of carbonyl (C=O) groups is 8. The molecule has 33 nitrogen and oxygen atoms in total. The quantitative estimate of drug-likeness (QED) is 0.0200. The number of carboxylic acids is 1. The lowest BCUT2D eigenvalue weighted by Gasteiger charge is -2.20. The van der Waals surface area contributed by atoms with Gasteiger partial charge in [-0.05, 0) is 83.0 Å². The Kier molecular flexibility index (Phi) is 28.1. The molecule has 2 atom stereocenters. The maximum absolute atomic E-state index is 14.0. The summed E-state index contributed by atoms with van der Waals surface area (Å²) in [6, 6.07) is 7.94. The molecule has 0 spiro atoms. The number of aromatic nitrogens is 8. The third-order valence-electron chi connectivity index (χ3n) is 14.5. The van der Waals surface area contributed by atoms with Crippen LogP contribution in [0.1, 0.15) is 92.6 Å². The number of hydrogen-bond donors (Lipinski definition) is 8. The number of amides is 7. The number of fused-ring (bicyclic) bond motifs is 2. The van der Waals surface area contributed by atoms with Gasteiger partial charge in [0.1, 0.15) is 46.2 Å². The van der Waals surface area contributed by atoms with Crippen LogP contribution in [-0.2, 0) is 73.8 Å². The second-order valence-electron chi connectivity index (χ2n) is 21.3. The van der Waals surface area contributed by atoms with Crippen LogP contribution in [0.4, 0.5) is 11.9 Å². The van der Waals surface area contributed by atoms with Crippen molar-refractivity contribution < 1.29 is 86.5 Å². The molecule has 0 bridgehead atoms. The number of nitrogens with two attached hydrogens (primary N) is 2. The summed E-state index contributed by atoms with van der Waals surface area (Å²) in [5.74, 6) is -4.58. The Morgan fingerprint density at radius 1 is 0.642 bits per heavy atom. The molecule has 5 heterocycles. The first-order chi connectivity index (χ1) is 45.8. The maximum Gasteiger partial charge on any atom is 0.303 e. The van der Waals surface area contributed by atoms with E-state index in [1.54, 1.807) is 51.9 Å². The average Bonchev–Trinajstić information content (AvgIpc) is 1.64. The summed E-state index contributed by atoms with van der Waals surface area (Å²) in [5, 5.41) is 39.1. The summed E-state index contributed by atoms with van der Waals surface area (Å²) in [5.41, 5.74) is 14.7. The molecule has 2 aromatic carbocycles. The van der Waals surface area contributed by atoms with Gasteiger partial charge in [-0.3, -0.25) is 58.4 Å². The molecule has 0 fully saturated rings. The van der Waals surface area contributed by atoms with E-state index in [-0.39, 0.29) is 130 Å². The van der Waals surface area contributed by atoms with Gasteiger partial charge in [0, 0.05) is 69.3 Å². The van der Waals surface area contributed by atoms with Gasteiger partial charge < -0.3 is 84.2 Å². The number of allylic oxidation sites excluding steroid dienone is 2. The predicted octanol–water partition coefficient (Wildman–Crippen LogP) is 1.84.